The van der Waals surface area contributed by atoms with Gasteiger partial charge in [0.2, 0.25) is 0 Å². The molecule has 2 atom stereocenters. The summed E-state index contributed by atoms with van der Waals surface area (Å²) in [5.41, 5.74) is 2.29. The Kier molecular flexibility index (Phi) is 6.18. The number of aryl methyl sites for hydroxylation is 1. The number of nitrogens with zero attached hydrogens (tertiary/aromatic N) is 4. The molecule has 1 aromatic heterocycles. The van der Waals surface area contributed by atoms with Gasteiger partial charge in [0.1, 0.15) is 6.33 Å². The van der Waals surface area contributed by atoms with Crippen LogP contribution in [-0.4, -0.2) is 75.8 Å². The van der Waals surface area contributed by atoms with Crippen molar-refractivity contribution in [3.63, 3.8) is 0 Å². The number of hydrogen-bond donors (Lipinski definition) is 1. The molecular formula is C22H28N4O3. The third-order valence-electron chi connectivity index (χ3n) is 5.89. The average Bonchev–Trinajstić information content (AvgIpc) is 2.76. The molecule has 3 heterocycles. The van der Waals surface area contributed by atoms with Crippen molar-refractivity contribution in [3.8, 4) is 0 Å². The number of ether oxygens (including phenoxy) is 1. The quantitative estimate of drug-likeness (QED) is 0.849. The molecule has 0 aliphatic carbocycles. The van der Waals surface area contributed by atoms with Crippen molar-refractivity contribution in [3.05, 3.63) is 59.7 Å². The van der Waals surface area contributed by atoms with Gasteiger partial charge in [0.15, 0.2) is 0 Å². The van der Waals surface area contributed by atoms with E-state index in [1.54, 1.807) is 6.20 Å². The number of carbonyl (C=O) groups is 1. The Morgan fingerprint density at radius 3 is 2.69 bits per heavy atom. The van der Waals surface area contributed by atoms with Gasteiger partial charge in [0.05, 0.1) is 36.1 Å². The van der Waals surface area contributed by atoms with Gasteiger partial charge in [0.25, 0.3) is 5.91 Å². The molecule has 154 valence electrons. The van der Waals surface area contributed by atoms with Gasteiger partial charge in [-0.2, -0.15) is 0 Å². The highest BCUT2D eigenvalue weighted by Crippen LogP contribution is 2.32. The Balaban J connectivity index is 1.61. The zero-order valence-corrected chi connectivity index (χ0v) is 16.8. The summed E-state index contributed by atoms with van der Waals surface area (Å²) in [6.07, 6.45) is 4.30. The largest absolute Gasteiger partial charge is 0.393 e. The van der Waals surface area contributed by atoms with Crippen LogP contribution in [-0.2, 0) is 4.74 Å². The van der Waals surface area contributed by atoms with Crippen molar-refractivity contribution >= 4 is 5.91 Å². The van der Waals surface area contributed by atoms with Crippen molar-refractivity contribution in [1.82, 2.24) is 19.8 Å². The van der Waals surface area contributed by atoms with Gasteiger partial charge in [-0.3, -0.25) is 4.79 Å². The predicted octanol–water partition coefficient (Wildman–Crippen LogP) is 1.82. The van der Waals surface area contributed by atoms with E-state index >= 15 is 0 Å². The normalized spacial score (nSPS) is 23.9. The van der Waals surface area contributed by atoms with Crippen LogP contribution >= 0.6 is 0 Å². The molecule has 7 heteroatoms. The van der Waals surface area contributed by atoms with Gasteiger partial charge in [-0.15, -0.1) is 0 Å². The number of piperidine rings is 1. The lowest BCUT2D eigenvalue weighted by Gasteiger charge is -2.44. The summed E-state index contributed by atoms with van der Waals surface area (Å²) in [5, 5.41) is 9.81. The van der Waals surface area contributed by atoms with E-state index in [1.165, 1.54) is 6.33 Å². The average molecular weight is 396 g/mol. The molecule has 0 bridgehead atoms. The van der Waals surface area contributed by atoms with E-state index in [4.69, 9.17) is 4.74 Å². The number of aliphatic hydroxyl groups excluding tert-OH is 1. The number of rotatable bonds is 4. The second-order valence-electron chi connectivity index (χ2n) is 7.82. The molecule has 1 N–H and O–H groups in total. The molecule has 0 radical (unpaired) electrons. The molecular weight excluding hydrogens is 368 g/mol. The molecule has 1 amide bonds. The van der Waals surface area contributed by atoms with E-state index in [2.05, 4.69) is 27.0 Å². The lowest BCUT2D eigenvalue weighted by Crippen LogP contribution is -2.53. The van der Waals surface area contributed by atoms with Crippen LogP contribution in [0, 0.1) is 6.92 Å². The molecule has 2 fully saturated rings. The lowest BCUT2D eigenvalue weighted by molar-refractivity contribution is -0.0771. The van der Waals surface area contributed by atoms with E-state index in [-0.39, 0.29) is 24.2 Å². The summed E-state index contributed by atoms with van der Waals surface area (Å²) in [4.78, 5) is 25.9. The summed E-state index contributed by atoms with van der Waals surface area (Å²) in [7, 11) is 0. The second-order valence-corrected chi connectivity index (χ2v) is 7.82. The van der Waals surface area contributed by atoms with Gasteiger partial charge in [0, 0.05) is 32.4 Å². The van der Waals surface area contributed by atoms with Crippen molar-refractivity contribution in [1.29, 1.82) is 0 Å². The first-order valence-corrected chi connectivity index (χ1v) is 10.3. The van der Waals surface area contributed by atoms with Crippen LogP contribution in [0.4, 0.5) is 0 Å². The highest BCUT2D eigenvalue weighted by Gasteiger charge is 2.38. The first-order valence-electron chi connectivity index (χ1n) is 10.3. The van der Waals surface area contributed by atoms with Crippen LogP contribution in [0.5, 0.6) is 0 Å². The molecule has 29 heavy (non-hydrogen) atoms. The number of likely N-dealkylation sites (tertiary alicyclic amines) is 1. The van der Waals surface area contributed by atoms with Crippen LogP contribution in [0.3, 0.4) is 0 Å². The van der Waals surface area contributed by atoms with E-state index in [9.17, 15) is 9.90 Å². The summed E-state index contributed by atoms with van der Waals surface area (Å²) in [6, 6.07) is 9.91. The van der Waals surface area contributed by atoms with Crippen molar-refractivity contribution in [2.24, 2.45) is 0 Å². The molecule has 2 aromatic rings. The van der Waals surface area contributed by atoms with E-state index in [0.29, 0.717) is 24.4 Å². The number of aromatic nitrogens is 2. The number of aliphatic hydroxyl groups is 1. The standard InChI is InChI=1S/C22H28N4O3/c1-16-19(13-23-15-24-16)22(28)26-11-12-29-20(14-25-9-7-18(27)8-10-25)21(26)17-5-3-2-4-6-17/h2-6,13,15,18,20-21,27H,7-12,14H2,1H3/t20-,21-/m0/s1. The molecule has 2 aliphatic heterocycles. The Bertz CT molecular complexity index is 824. The molecule has 2 saturated heterocycles. The minimum absolute atomic E-state index is 0.0562. The van der Waals surface area contributed by atoms with E-state index < -0.39 is 0 Å². The number of hydrogen-bond acceptors (Lipinski definition) is 6. The first-order chi connectivity index (χ1) is 14.1. The van der Waals surface area contributed by atoms with Crippen LogP contribution in [0.2, 0.25) is 0 Å². The second kappa shape index (κ2) is 8.98. The maximum absolute atomic E-state index is 13.4. The highest BCUT2D eigenvalue weighted by atomic mass is 16.5. The maximum atomic E-state index is 13.4. The highest BCUT2D eigenvalue weighted by molar-refractivity contribution is 5.95. The molecule has 4 rings (SSSR count). The number of benzene rings is 1. The number of carbonyl (C=O) groups excluding carboxylic acids is 1. The summed E-state index contributed by atoms with van der Waals surface area (Å²) >= 11 is 0. The minimum Gasteiger partial charge on any atom is -0.393 e. The van der Waals surface area contributed by atoms with Crippen LogP contribution in [0.15, 0.2) is 42.9 Å². The fourth-order valence-corrected chi connectivity index (χ4v) is 4.27. The van der Waals surface area contributed by atoms with Crippen molar-refractivity contribution in [2.45, 2.75) is 38.0 Å². The zero-order chi connectivity index (χ0) is 20.2. The van der Waals surface area contributed by atoms with Crippen LogP contribution in [0.25, 0.3) is 0 Å². The van der Waals surface area contributed by atoms with Gasteiger partial charge in [-0.25, -0.2) is 9.97 Å². The molecule has 0 unspecified atom stereocenters. The third-order valence-corrected chi connectivity index (χ3v) is 5.89. The molecule has 1 aromatic carbocycles. The van der Waals surface area contributed by atoms with Gasteiger partial charge in [-0.05, 0) is 25.3 Å². The first kappa shape index (κ1) is 19.9. The molecule has 0 saturated carbocycles. The summed E-state index contributed by atoms with van der Waals surface area (Å²) < 4.78 is 6.19. The molecule has 7 nitrogen and oxygen atoms in total. The van der Waals surface area contributed by atoms with Crippen molar-refractivity contribution in [2.75, 3.05) is 32.8 Å². The predicted molar refractivity (Wildman–Crippen MR) is 108 cm³/mol. The lowest BCUT2D eigenvalue weighted by atomic mass is 9.95. The number of morpholine rings is 1. The van der Waals surface area contributed by atoms with Gasteiger partial charge >= 0.3 is 0 Å². The Labute approximate surface area is 171 Å². The monoisotopic (exact) mass is 396 g/mol. The number of amides is 1. The SMILES string of the molecule is Cc1ncncc1C(=O)N1CCO[C@@H](CN2CCC(O)CC2)[C@@H]1c1ccccc1. The van der Waals surface area contributed by atoms with E-state index in [1.807, 2.05) is 30.0 Å². The Morgan fingerprint density at radius 1 is 1.21 bits per heavy atom. The fourth-order valence-electron chi connectivity index (χ4n) is 4.27. The summed E-state index contributed by atoms with van der Waals surface area (Å²) in [5.74, 6) is -0.0562. The Hall–Kier alpha value is -2.35. The molecule has 2 aliphatic rings. The maximum Gasteiger partial charge on any atom is 0.257 e. The fraction of sp³-hybridized carbons (Fsp3) is 0.500. The van der Waals surface area contributed by atoms with E-state index in [0.717, 1.165) is 38.0 Å². The Morgan fingerprint density at radius 2 is 1.97 bits per heavy atom. The van der Waals surface area contributed by atoms with Crippen molar-refractivity contribution < 1.29 is 14.6 Å². The minimum atomic E-state index is -0.206. The van der Waals surface area contributed by atoms with Crippen LogP contribution < -0.4 is 0 Å². The van der Waals surface area contributed by atoms with Crippen LogP contribution in [0.1, 0.15) is 40.5 Å². The third kappa shape index (κ3) is 4.47. The van der Waals surface area contributed by atoms with Gasteiger partial charge < -0.3 is 19.6 Å². The summed E-state index contributed by atoms with van der Waals surface area (Å²) in [6.45, 7) is 5.30. The topological polar surface area (TPSA) is 78.8 Å². The zero-order valence-electron chi connectivity index (χ0n) is 16.8. The molecule has 0 spiro atoms. The van der Waals surface area contributed by atoms with Gasteiger partial charge in [-0.1, -0.05) is 30.3 Å². The smallest absolute Gasteiger partial charge is 0.257 e.